The smallest absolute Gasteiger partial charge is 0.234 e. The summed E-state index contributed by atoms with van der Waals surface area (Å²) in [5.74, 6) is 0.618. The fraction of sp³-hybridized carbons (Fsp3) is 0. The molecule has 0 unspecified atom stereocenters. The minimum atomic E-state index is 0.618. The molecule has 0 bridgehead atoms. The highest BCUT2D eigenvalue weighted by Gasteiger charge is 2.17. The van der Waals surface area contributed by atoms with Gasteiger partial charge in [0.25, 0.3) is 0 Å². The second-order valence-electron chi connectivity index (χ2n) is 6.58. The molecule has 0 aliphatic rings. The molecule has 3 heterocycles. The van der Waals surface area contributed by atoms with Crippen LogP contribution >= 0.6 is 23.2 Å². The number of imidazole rings is 1. The van der Waals surface area contributed by atoms with E-state index >= 15 is 0 Å². The lowest BCUT2D eigenvalue weighted by Gasteiger charge is -2.07. The molecule has 0 N–H and O–H groups in total. The van der Waals surface area contributed by atoms with Crippen molar-refractivity contribution < 1.29 is 0 Å². The van der Waals surface area contributed by atoms with Crippen molar-refractivity contribution >= 4 is 29.0 Å². The van der Waals surface area contributed by atoms with Gasteiger partial charge in [-0.15, -0.1) is 0 Å². The number of hydrogen-bond acceptors (Lipinski definition) is 3. The molecule has 5 rings (SSSR count). The largest absolute Gasteiger partial charge is 0.282 e. The van der Waals surface area contributed by atoms with Crippen molar-refractivity contribution in [1.29, 1.82) is 0 Å². The summed E-state index contributed by atoms with van der Waals surface area (Å²) in [6.07, 6.45) is 7.43. The van der Waals surface area contributed by atoms with Gasteiger partial charge in [-0.1, -0.05) is 53.5 Å². The van der Waals surface area contributed by atoms with E-state index in [2.05, 4.69) is 9.97 Å². The Kier molecular flexibility index (Phi) is 4.51. The van der Waals surface area contributed by atoms with Crippen molar-refractivity contribution in [3.8, 4) is 33.6 Å². The maximum atomic E-state index is 6.11. The van der Waals surface area contributed by atoms with E-state index in [0.29, 0.717) is 15.8 Å². The van der Waals surface area contributed by atoms with E-state index in [4.69, 9.17) is 28.2 Å². The van der Waals surface area contributed by atoms with Crippen molar-refractivity contribution in [3.05, 3.63) is 95.5 Å². The van der Waals surface area contributed by atoms with Gasteiger partial charge in [0.2, 0.25) is 5.78 Å². The van der Waals surface area contributed by atoms with Gasteiger partial charge >= 0.3 is 0 Å². The van der Waals surface area contributed by atoms with Gasteiger partial charge in [-0.2, -0.15) is 0 Å². The van der Waals surface area contributed by atoms with Gasteiger partial charge in [0.15, 0.2) is 0 Å². The van der Waals surface area contributed by atoms with Gasteiger partial charge in [-0.3, -0.25) is 9.38 Å². The van der Waals surface area contributed by atoms with E-state index in [1.807, 2.05) is 83.7 Å². The number of rotatable bonds is 3. The lowest BCUT2D eigenvalue weighted by Crippen LogP contribution is -1.93. The molecule has 0 saturated heterocycles. The van der Waals surface area contributed by atoms with Gasteiger partial charge in [0.1, 0.15) is 0 Å². The molecular weight excluding hydrogens is 403 g/mol. The fourth-order valence-corrected chi connectivity index (χ4v) is 3.56. The summed E-state index contributed by atoms with van der Waals surface area (Å²) < 4.78 is 2.01. The Balaban J connectivity index is 1.78. The topological polar surface area (TPSA) is 43.1 Å². The second-order valence-corrected chi connectivity index (χ2v) is 7.45. The van der Waals surface area contributed by atoms with Gasteiger partial charge in [-0.05, 0) is 30.3 Å². The van der Waals surface area contributed by atoms with E-state index < -0.39 is 0 Å². The summed E-state index contributed by atoms with van der Waals surface area (Å²) in [6.45, 7) is 0. The average Bonchev–Trinajstić information content (AvgIpc) is 3.14. The zero-order chi connectivity index (χ0) is 19.8. The van der Waals surface area contributed by atoms with Crippen molar-refractivity contribution in [3.63, 3.8) is 0 Å². The number of fused-ring (bicyclic) bond motifs is 1. The molecule has 0 radical (unpaired) electrons. The zero-order valence-corrected chi connectivity index (χ0v) is 16.6. The van der Waals surface area contributed by atoms with Gasteiger partial charge in [0, 0.05) is 57.1 Å². The first-order valence-electron chi connectivity index (χ1n) is 8.99. The Hall–Kier alpha value is -3.21. The van der Waals surface area contributed by atoms with Crippen molar-refractivity contribution in [2.45, 2.75) is 0 Å². The summed E-state index contributed by atoms with van der Waals surface area (Å²) >= 11 is 12.2. The summed E-state index contributed by atoms with van der Waals surface area (Å²) in [5, 5.41) is 1.37. The van der Waals surface area contributed by atoms with E-state index in [-0.39, 0.29) is 0 Å². The summed E-state index contributed by atoms with van der Waals surface area (Å²) in [6, 6.07) is 19.3. The average molecular weight is 417 g/mol. The SMILES string of the molecule is Clc1ccc(-c2nc3ncc(-c4cccnc4)cn3c2-c2ccc(Cl)cc2)cc1. The minimum Gasteiger partial charge on any atom is -0.282 e. The first kappa shape index (κ1) is 17.9. The molecule has 140 valence electrons. The number of hydrogen-bond donors (Lipinski definition) is 0. The maximum absolute atomic E-state index is 6.11. The van der Waals surface area contributed by atoms with Crippen LogP contribution in [-0.4, -0.2) is 19.4 Å². The molecule has 0 amide bonds. The number of nitrogens with zero attached hydrogens (tertiary/aromatic N) is 4. The third-order valence-electron chi connectivity index (χ3n) is 4.71. The zero-order valence-electron chi connectivity index (χ0n) is 15.1. The number of benzene rings is 2. The van der Waals surface area contributed by atoms with Gasteiger partial charge in [-0.25, -0.2) is 9.97 Å². The molecule has 0 atom stereocenters. The molecule has 6 heteroatoms. The van der Waals surface area contributed by atoms with Crippen LogP contribution in [0.1, 0.15) is 0 Å². The first-order chi connectivity index (χ1) is 14.2. The predicted octanol–water partition coefficient (Wildman–Crippen LogP) is 6.43. The second kappa shape index (κ2) is 7.32. The van der Waals surface area contributed by atoms with E-state index in [0.717, 1.165) is 33.6 Å². The van der Waals surface area contributed by atoms with Crippen molar-refractivity contribution in [1.82, 2.24) is 19.4 Å². The molecule has 0 aliphatic heterocycles. The minimum absolute atomic E-state index is 0.618. The van der Waals surface area contributed by atoms with Crippen LogP contribution in [0.15, 0.2) is 85.5 Å². The molecule has 4 nitrogen and oxygen atoms in total. The van der Waals surface area contributed by atoms with Crippen molar-refractivity contribution in [2.24, 2.45) is 0 Å². The summed E-state index contributed by atoms with van der Waals surface area (Å²) in [5.41, 5.74) is 5.69. The Bertz CT molecular complexity index is 1300. The molecule has 3 aromatic heterocycles. The number of pyridine rings is 1. The van der Waals surface area contributed by atoms with Crippen LogP contribution in [0.4, 0.5) is 0 Å². The number of aromatic nitrogens is 4. The number of halogens is 2. The van der Waals surface area contributed by atoms with Gasteiger partial charge < -0.3 is 0 Å². The van der Waals surface area contributed by atoms with Crippen molar-refractivity contribution in [2.75, 3.05) is 0 Å². The third kappa shape index (κ3) is 3.37. The molecular formula is C23H14Cl2N4. The van der Waals surface area contributed by atoms with Crippen LogP contribution in [0.5, 0.6) is 0 Å². The highest BCUT2D eigenvalue weighted by Crippen LogP contribution is 2.34. The van der Waals surface area contributed by atoms with Gasteiger partial charge in [0.05, 0.1) is 11.4 Å². The first-order valence-corrected chi connectivity index (χ1v) is 9.75. The highest BCUT2D eigenvalue weighted by molar-refractivity contribution is 6.31. The standard InChI is InChI=1S/C23H14Cl2N4/c24-19-7-3-15(4-8-19)21-22(16-5-9-20(25)10-6-16)29-14-18(13-27-23(29)28-21)17-2-1-11-26-12-17/h1-14H. The summed E-state index contributed by atoms with van der Waals surface area (Å²) in [4.78, 5) is 13.6. The molecule has 0 fully saturated rings. The maximum Gasteiger partial charge on any atom is 0.234 e. The van der Waals surface area contributed by atoms with Crippen LogP contribution < -0.4 is 0 Å². The molecule has 29 heavy (non-hydrogen) atoms. The third-order valence-corrected chi connectivity index (χ3v) is 5.21. The molecule has 5 aromatic rings. The Morgan fingerprint density at radius 3 is 2.03 bits per heavy atom. The van der Waals surface area contributed by atoms with Crippen LogP contribution in [-0.2, 0) is 0 Å². The van der Waals surface area contributed by atoms with Crippen LogP contribution in [0, 0.1) is 0 Å². The highest BCUT2D eigenvalue weighted by atomic mass is 35.5. The quantitative estimate of drug-likeness (QED) is 0.340. The predicted molar refractivity (Wildman–Crippen MR) is 117 cm³/mol. The monoisotopic (exact) mass is 416 g/mol. The normalized spacial score (nSPS) is 11.1. The molecule has 0 saturated carbocycles. The van der Waals surface area contributed by atoms with Crippen LogP contribution in [0.25, 0.3) is 39.4 Å². The molecule has 0 aliphatic carbocycles. The molecule has 0 spiro atoms. The lowest BCUT2D eigenvalue weighted by atomic mass is 10.0. The Morgan fingerprint density at radius 2 is 1.38 bits per heavy atom. The molecule has 2 aromatic carbocycles. The van der Waals surface area contributed by atoms with E-state index in [1.54, 1.807) is 6.20 Å². The Labute approximate surface area is 177 Å². The fourth-order valence-electron chi connectivity index (χ4n) is 3.31. The van der Waals surface area contributed by atoms with Crippen LogP contribution in [0.2, 0.25) is 10.0 Å². The van der Waals surface area contributed by atoms with E-state index in [9.17, 15) is 0 Å². The summed E-state index contributed by atoms with van der Waals surface area (Å²) in [7, 11) is 0. The Morgan fingerprint density at radius 1 is 0.690 bits per heavy atom. The van der Waals surface area contributed by atoms with E-state index in [1.165, 1.54) is 0 Å². The lowest BCUT2D eigenvalue weighted by molar-refractivity contribution is 1.11. The van der Waals surface area contributed by atoms with Crippen LogP contribution in [0.3, 0.4) is 0 Å².